The Balaban J connectivity index is 1.99. The summed E-state index contributed by atoms with van der Waals surface area (Å²) < 4.78 is 37.5. The van der Waals surface area contributed by atoms with Crippen molar-refractivity contribution in [3.05, 3.63) is 65.2 Å². The fraction of sp³-hybridized carbons (Fsp3) is 0.176. The molecule has 0 saturated heterocycles. The number of carbonyl (C=O) groups is 1. The Morgan fingerprint density at radius 1 is 1.04 bits per heavy atom. The van der Waals surface area contributed by atoms with Gasteiger partial charge in [0.1, 0.15) is 5.84 Å². The number of amidine groups is 1. The molecule has 0 heterocycles. The molecular weight excluding hydrogens is 319 g/mol. The van der Waals surface area contributed by atoms with Crippen LogP contribution in [0.5, 0.6) is 0 Å². The Labute approximate surface area is 137 Å². The Morgan fingerprint density at radius 3 is 2.25 bits per heavy atom. The number of nitrogens with zero attached hydrogens (tertiary/aromatic N) is 1. The van der Waals surface area contributed by atoms with Crippen molar-refractivity contribution < 1.29 is 18.0 Å². The molecule has 2 aromatic carbocycles. The van der Waals surface area contributed by atoms with Gasteiger partial charge >= 0.3 is 6.18 Å². The first-order valence-electron chi connectivity index (χ1n) is 7.14. The number of nitrogen functional groups attached to an aromatic ring is 1. The average Bonchev–Trinajstić information content (AvgIpc) is 2.54. The summed E-state index contributed by atoms with van der Waals surface area (Å²) in [5.74, 6) is -0.0883. The Hall–Kier alpha value is -2.83. The van der Waals surface area contributed by atoms with Gasteiger partial charge in [0, 0.05) is 29.8 Å². The number of rotatable bonds is 5. The van der Waals surface area contributed by atoms with Crippen molar-refractivity contribution >= 4 is 17.3 Å². The number of benzene rings is 2. The molecule has 0 aliphatic heterocycles. The van der Waals surface area contributed by atoms with Crippen LogP contribution in [-0.2, 0) is 6.18 Å². The standard InChI is InChI=1S/C17H16F3N3O/c18-17(19,20)12-7-5-11(6-8-12)16(22)23-10-9-15(24)13-3-1-2-4-14(13)21/h1-8H,9-10,21H2,(H2,22,23). The second-order valence-corrected chi connectivity index (χ2v) is 5.10. The van der Waals surface area contributed by atoms with Crippen LogP contribution in [0.4, 0.5) is 18.9 Å². The van der Waals surface area contributed by atoms with Crippen LogP contribution in [0.3, 0.4) is 0 Å². The van der Waals surface area contributed by atoms with E-state index >= 15 is 0 Å². The Kier molecular flexibility index (Phi) is 5.23. The van der Waals surface area contributed by atoms with Crippen LogP contribution in [0, 0.1) is 0 Å². The minimum Gasteiger partial charge on any atom is -0.398 e. The molecule has 0 amide bonds. The highest BCUT2D eigenvalue weighted by Crippen LogP contribution is 2.29. The molecule has 4 nitrogen and oxygen atoms in total. The summed E-state index contributed by atoms with van der Waals surface area (Å²) in [4.78, 5) is 16.1. The van der Waals surface area contributed by atoms with Crippen LogP contribution in [0.25, 0.3) is 0 Å². The van der Waals surface area contributed by atoms with E-state index in [0.29, 0.717) is 16.8 Å². The molecular formula is C17H16F3N3O. The maximum Gasteiger partial charge on any atom is 0.416 e. The molecule has 0 aromatic heterocycles. The molecule has 0 aliphatic rings. The topological polar surface area (TPSA) is 81.5 Å². The van der Waals surface area contributed by atoms with E-state index in [1.165, 1.54) is 12.1 Å². The van der Waals surface area contributed by atoms with Gasteiger partial charge < -0.3 is 11.5 Å². The number of nitrogens with two attached hydrogens (primary N) is 2. The summed E-state index contributed by atoms with van der Waals surface area (Å²) in [7, 11) is 0. The zero-order valence-corrected chi connectivity index (χ0v) is 12.7. The van der Waals surface area contributed by atoms with E-state index < -0.39 is 11.7 Å². The number of aliphatic imine (C=N–C) groups is 1. The van der Waals surface area contributed by atoms with Gasteiger partial charge in [0.15, 0.2) is 5.78 Å². The lowest BCUT2D eigenvalue weighted by atomic mass is 10.1. The normalized spacial score (nSPS) is 12.2. The highest BCUT2D eigenvalue weighted by molar-refractivity contribution is 6.01. The largest absolute Gasteiger partial charge is 0.416 e. The van der Waals surface area contributed by atoms with Crippen molar-refractivity contribution in [3.8, 4) is 0 Å². The van der Waals surface area contributed by atoms with Crippen molar-refractivity contribution in [2.75, 3.05) is 12.3 Å². The third kappa shape index (κ3) is 4.34. The van der Waals surface area contributed by atoms with Crippen LogP contribution in [0.2, 0.25) is 0 Å². The van der Waals surface area contributed by atoms with Crippen molar-refractivity contribution in [1.82, 2.24) is 0 Å². The molecule has 126 valence electrons. The molecule has 2 rings (SSSR count). The van der Waals surface area contributed by atoms with Crippen LogP contribution < -0.4 is 11.5 Å². The number of alkyl halides is 3. The van der Waals surface area contributed by atoms with Gasteiger partial charge in [-0.25, -0.2) is 0 Å². The van der Waals surface area contributed by atoms with Gasteiger partial charge in [-0.15, -0.1) is 0 Å². The summed E-state index contributed by atoms with van der Waals surface area (Å²) in [5, 5.41) is 0. The summed E-state index contributed by atoms with van der Waals surface area (Å²) >= 11 is 0. The van der Waals surface area contributed by atoms with E-state index in [9.17, 15) is 18.0 Å². The van der Waals surface area contributed by atoms with Gasteiger partial charge in [-0.05, 0) is 24.3 Å². The number of anilines is 1. The minimum atomic E-state index is -4.40. The van der Waals surface area contributed by atoms with Crippen molar-refractivity contribution in [1.29, 1.82) is 0 Å². The monoisotopic (exact) mass is 335 g/mol. The molecule has 0 saturated carbocycles. The van der Waals surface area contributed by atoms with E-state index in [2.05, 4.69) is 4.99 Å². The molecule has 24 heavy (non-hydrogen) atoms. The van der Waals surface area contributed by atoms with Gasteiger partial charge in [0.05, 0.1) is 5.56 Å². The van der Waals surface area contributed by atoms with E-state index in [1.807, 2.05) is 0 Å². The van der Waals surface area contributed by atoms with Crippen molar-refractivity contribution in [2.24, 2.45) is 10.7 Å². The van der Waals surface area contributed by atoms with Crippen LogP contribution in [0.1, 0.15) is 27.9 Å². The number of ketones is 1. The summed E-state index contributed by atoms with van der Waals surface area (Å²) in [6.07, 6.45) is -4.29. The first-order valence-corrected chi connectivity index (χ1v) is 7.14. The zero-order chi connectivity index (χ0) is 17.7. The van der Waals surface area contributed by atoms with Gasteiger partial charge in [0.25, 0.3) is 0 Å². The Morgan fingerprint density at radius 2 is 1.67 bits per heavy atom. The van der Waals surface area contributed by atoms with E-state index in [4.69, 9.17) is 11.5 Å². The number of halogens is 3. The molecule has 2 aromatic rings. The van der Waals surface area contributed by atoms with Gasteiger partial charge in [0.2, 0.25) is 0 Å². The quantitative estimate of drug-likeness (QED) is 0.381. The van der Waals surface area contributed by atoms with E-state index in [0.717, 1.165) is 12.1 Å². The zero-order valence-electron chi connectivity index (χ0n) is 12.7. The molecule has 0 aliphatic carbocycles. The molecule has 0 fully saturated rings. The lowest BCUT2D eigenvalue weighted by Crippen LogP contribution is -2.15. The fourth-order valence-corrected chi connectivity index (χ4v) is 2.08. The number of hydrogen-bond donors (Lipinski definition) is 2. The molecule has 7 heteroatoms. The maximum atomic E-state index is 12.5. The number of para-hydroxylation sites is 1. The van der Waals surface area contributed by atoms with Crippen molar-refractivity contribution in [2.45, 2.75) is 12.6 Å². The molecule has 0 atom stereocenters. The minimum absolute atomic E-state index is 0.0811. The average molecular weight is 335 g/mol. The number of hydrogen-bond acceptors (Lipinski definition) is 3. The predicted octanol–water partition coefficient (Wildman–Crippen LogP) is 3.27. The second-order valence-electron chi connectivity index (χ2n) is 5.10. The summed E-state index contributed by atoms with van der Waals surface area (Å²) in [6, 6.07) is 11.1. The van der Waals surface area contributed by atoms with Gasteiger partial charge in [-0.2, -0.15) is 13.2 Å². The summed E-state index contributed by atoms with van der Waals surface area (Å²) in [6.45, 7) is 0.125. The highest BCUT2D eigenvalue weighted by atomic mass is 19.4. The smallest absolute Gasteiger partial charge is 0.398 e. The molecule has 0 radical (unpaired) electrons. The lowest BCUT2D eigenvalue weighted by molar-refractivity contribution is -0.137. The van der Waals surface area contributed by atoms with Gasteiger partial charge in [-0.1, -0.05) is 24.3 Å². The van der Waals surface area contributed by atoms with Gasteiger partial charge in [-0.3, -0.25) is 9.79 Å². The first kappa shape index (κ1) is 17.5. The molecule has 0 spiro atoms. The van der Waals surface area contributed by atoms with Crippen LogP contribution in [0.15, 0.2) is 53.5 Å². The summed E-state index contributed by atoms with van der Waals surface area (Å²) in [5.41, 5.74) is 11.9. The fourth-order valence-electron chi connectivity index (χ4n) is 2.08. The lowest BCUT2D eigenvalue weighted by Gasteiger charge is -2.07. The molecule has 0 bridgehead atoms. The third-order valence-corrected chi connectivity index (χ3v) is 3.39. The third-order valence-electron chi connectivity index (χ3n) is 3.39. The molecule has 0 unspecified atom stereocenters. The predicted molar refractivity (Wildman–Crippen MR) is 86.8 cm³/mol. The number of Topliss-reactive ketones (excluding diaryl/α,β-unsaturated/α-hetero) is 1. The van der Waals surface area contributed by atoms with Crippen LogP contribution >= 0.6 is 0 Å². The SMILES string of the molecule is NC(=NCCC(=O)c1ccccc1N)c1ccc(C(F)(F)F)cc1. The maximum absolute atomic E-state index is 12.5. The Bertz CT molecular complexity index is 752. The second kappa shape index (κ2) is 7.16. The highest BCUT2D eigenvalue weighted by Gasteiger charge is 2.30. The van der Waals surface area contributed by atoms with Crippen molar-refractivity contribution in [3.63, 3.8) is 0 Å². The molecule has 4 N–H and O–H groups in total. The van der Waals surface area contributed by atoms with E-state index in [1.54, 1.807) is 24.3 Å². The first-order chi connectivity index (χ1) is 11.3. The number of carbonyl (C=O) groups excluding carboxylic acids is 1. The van der Waals surface area contributed by atoms with Crippen LogP contribution in [-0.4, -0.2) is 18.2 Å². The van der Waals surface area contributed by atoms with E-state index in [-0.39, 0.29) is 24.6 Å².